The van der Waals surface area contributed by atoms with Crippen LogP contribution in [0, 0.1) is 0 Å². The number of aromatic nitrogens is 4. The zero-order valence-corrected chi connectivity index (χ0v) is 13.3. The largest absolute Gasteiger partial charge is 0.444 e. The Labute approximate surface area is 129 Å². The van der Waals surface area contributed by atoms with Gasteiger partial charge < -0.3 is 15.4 Å². The third kappa shape index (κ3) is 4.87. The second-order valence-corrected chi connectivity index (χ2v) is 6.12. The molecule has 2 rings (SSSR count). The Morgan fingerprint density at radius 1 is 1.41 bits per heavy atom. The standard InChI is InChI=1S/C14H22N6O2/c1-10(17-13(21)22-14(2,3)4)7-8-15-11-5-6-12-18-16-9-20(12)19-11/h5-6,9-10H,7-8H2,1-4H3,(H,15,19)(H,17,21)/t10-/m1/s1. The molecule has 0 radical (unpaired) electrons. The van der Waals surface area contributed by atoms with Crippen LogP contribution in [-0.4, -0.2) is 44.1 Å². The molecular formula is C14H22N6O2. The molecule has 8 heteroatoms. The lowest BCUT2D eigenvalue weighted by atomic mass is 10.2. The molecule has 0 spiro atoms. The molecule has 2 heterocycles. The van der Waals surface area contributed by atoms with E-state index in [1.165, 1.54) is 0 Å². The number of nitrogens with zero attached hydrogens (tertiary/aromatic N) is 4. The van der Waals surface area contributed by atoms with Crippen LogP contribution in [0.1, 0.15) is 34.1 Å². The lowest BCUT2D eigenvalue weighted by molar-refractivity contribution is 0.0507. The molecule has 0 fully saturated rings. The molecule has 0 bridgehead atoms. The Morgan fingerprint density at radius 2 is 2.18 bits per heavy atom. The third-order valence-electron chi connectivity index (χ3n) is 2.81. The van der Waals surface area contributed by atoms with Crippen LogP contribution in [0.3, 0.4) is 0 Å². The molecule has 2 aromatic heterocycles. The molecule has 22 heavy (non-hydrogen) atoms. The van der Waals surface area contributed by atoms with Crippen molar-refractivity contribution in [3.8, 4) is 0 Å². The zero-order valence-electron chi connectivity index (χ0n) is 13.3. The van der Waals surface area contributed by atoms with Crippen LogP contribution in [0.25, 0.3) is 5.65 Å². The van der Waals surface area contributed by atoms with E-state index in [0.29, 0.717) is 12.2 Å². The third-order valence-corrected chi connectivity index (χ3v) is 2.81. The van der Waals surface area contributed by atoms with Crippen molar-refractivity contribution in [3.05, 3.63) is 18.5 Å². The summed E-state index contributed by atoms with van der Waals surface area (Å²) in [5.74, 6) is 0.733. The van der Waals surface area contributed by atoms with Gasteiger partial charge in [-0.05, 0) is 46.2 Å². The number of hydrogen-bond acceptors (Lipinski definition) is 6. The van der Waals surface area contributed by atoms with Crippen LogP contribution in [0.2, 0.25) is 0 Å². The van der Waals surface area contributed by atoms with E-state index in [1.807, 2.05) is 39.8 Å². The number of anilines is 1. The van der Waals surface area contributed by atoms with E-state index in [1.54, 1.807) is 10.8 Å². The fraction of sp³-hybridized carbons (Fsp3) is 0.571. The highest BCUT2D eigenvalue weighted by atomic mass is 16.6. The van der Waals surface area contributed by atoms with E-state index in [0.717, 1.165) is 12.2 Å². The first-order valence-electron chi connectivity index (χ1n) is 7.24. The molecule has 0 unspecified atom stereocenters. The SMILES string of the molecule is C[C@H](CCNc1ccc2nncn2n1)NC(=O)OC(C)(C)C. The van der Waals surface area contributed by atoms with Crippen molar-refractivity contribution < 1.29 is 9.53 Å². The van der Waals surface area contributed by atoms with E-state index in [-0.39, 0.29) is 6.04 Å². The molecule has 120 valence electrons. The Hall–Kier alpha value is -2.38. The summed E-state index contributed by atoms with van der Waals surface area (Å²) < 4.78 is 6.81. The number of fused-ring (bicyclic) bond motifs is 1. The molecule has 0 aliphatic carbocycles. The number of hydrogen-bond donors (Lipinski definition) is 2. The summed E-state index contributed by atoms with van der Waals surface area (Å²) in [4.78, 5) is 11.6. The lowest BCUT2D eigenvalue weighted by Gasteiger charge is -2.22. The van der Waals surface area contributed by atoms with Crippen molar-refractivity contribution in [2.75, 3.05) is 11.9 Å². The number of rotatable bonds is 5. The molecule has 0 aromatic carbocycles. The van der Waals surface area contributed by atoms with Crippen molar-refractivity contribution in [3.63, 3.8) is 0 Å². The summed E-state index contributed by atoms with van der Waals surface area (Å²) >= 11 is 0. The first kappa shape index (κ1) is 16.0. The van der Waals surface area contributed by atoms with Gasteiger partial charge in [-0.3, -0.25) is 0 Å². The summed E-state index contributed by atoms with van der Waals surface area (Å²) in [5.41, 5.74) is 0.214. The van der Waals surface area contributed by atoms with Crippen molar-refractivity contribution in [2.45, 2.75) is 45.8 Å². The minimum Gasteiger partial charge on any atom is -0.444 e. The summed E-state index contributed by atoms with van der Waals surface area (Å²) in [7, 11) is 0. The first-order chi connectivity index (χ1) is 10.3. The maximum absolute atomic E-state index is 11.6. The maximum Gasteiger partial charge on any atom is 0.407 e. The number of nitrogens with one attached hydrogen (secondary N) is 2. The Bertz CT molecular complexity index is 634. The summed E-state index contributed by atoms with van der Waals surface area (Å²) in [6.07, 6.45) is 1.90. The van der Waals surface area contributed by atoms with Gasteiger partial charge in [-0.25, -0.2) is 4.79 Å². The van der Waals surface area contributed by atoms with Crippen molar-refractivity contribution >= 4 is 17.6 Å². The predicted molar refractivity (Wildman–Crippen MR) is 82.7 cm³/mol. The zero-order chi connectivity index (χ0) is 16.2. The monoisotopic (exact) mass is 306 g/mol. The summed E-state index contributed by atoms with van der Waals surface area (Å²) in [6, 6.07) is 3.68. The molecule has 1 amide bonds. The number of ether oxygens (including phenoxy) is 1. The number of carbonyl (C=O) groups is 1. The fourth-order valence-electron chi connectivity index (χ4n) is 1.82. The predicted octanol–water partition coefficient (Wildman–Crippen LogP) is 1.84. The Kier molecular flexibility index (Phi) is 4.79. The Balaban J connectivity index is 1.74. The molecule has 0 saturated carbocycles. The second-order valence-electron chi connectivity index (χ2n) is 6.12. The van der Waals surface area contributed by atoms with Crippen molar-refractivity contribution in [2.24, 2.45) is 0 Å². The van der Waals surface area contributed by atoms with E-state index >= 15 is 0 Å². The minimum absolute atomic E-state index is 0.000919. The smallest absolute Gasteiger partial charge is 0.407 e. The highest BCUT2D eigenvalue weighted by molar-refractivity contribution is 5.68. The van der Waals surface area contributed by atoms with Crippen LogP contribution in [0.15, 0.2) is 18.5 Å². The molecule has 0 aliphatic heterocycles. The summed E-state index contributed by atoms with van der Waals surface area (Å²) in [6.45, 7) is 8.13. The highest BCUT2D eigenvalue weighted by Gasteiger charge is 2.17. The lowest BCUT2D eigenvalue weighted by Crippen LogP contribution is -2.38. The maximum atomic E-state index is 11.6. The van der Waals surface area contributed by atoms with Gasteiger partial charge in [0, 0.05) is 12.6 Å². The van der Waals surface area contributed by atoms with Crippen LogP contribution in [-0.2, 0) is 4.74 Å². The molecule has 2 N–H and O–H groups in total. The molecule has 2 aromatic rings. The van der Waals surface area contributed by atoms with Crippen LogP contribution < -0.4 is 10.6 Å². The highest BCUT2D eigenvalue weighted by Crippen LogP contribution is 2.08. The Morgan fingerprint density at radius 3 is 2.91 bits per heavy atom. The number of alkyl carbamates (subject to hydrolysis) is 1. The van der Waals surface area contributed by atoms with Crippen molar-refractivity contribution in [1.29, 1.82) is 0 Å². The van der Waals surface area contributed by atoms with E-state index in [9.17, 15) is 4.79 Å². The van der Waals surface area contributed by atoms with Gasteiger partial charge >= 0.3 is 6.09 Å². The second kappa shape index (κ2) is 6.59. The van der Waals surface area contributed by atoms with E-state index < -0.39 is 11.7 Å². The van der Waals surface area contributed by atoms with E-state index in [2.05, 4.69) is 25.9 Å². The van der Waals surface area contributed by atoms with Gasteiger partial charge in [-0.15, -0.1) is 15.3 Å². The van der Waals surface area contributed by atoms with Gasteiger partial charge in [0.15, 0.2) is 5.65 Å². The van der Waals surface area contributed by atoms with Gasteiger partial charge in [0.1, 0.15) is 17.7 Å². The first-order valence-corrected chi connectivity index (χ1v) is 7.24. The van der Waals surface area contributed by atoms with E-state index in [4.69, 9.17) is 4.74 Å². The number of carbonyl (C=O) groups excluding carboxylic acids is 1. The van der Waals surface area contributed by atoms with Crippen LogP contribution in [0.5, 0.6) is 0 Å². The van der Waals surface area contributed by atoms with Gasteiger partial charge in [0.25, 0.3) is 0 Å². The summed E-state index contributed by atoms with van der Waals surface area (Å²) in [5, 5.41) is 18.0. The van der Waals surface area contributed by atoms with Gasteiger partial charge in [-0.2, -0.15) is 4.52 Å². The molecule has 0 aliphatic rings. The normalized spacial score (nSPS) is 12.9. The molecule has 8 nitrogen and oxygen atoms in total. The van der Waals surface area contributed by atoms with Crippen LogP contribution >= 0.6 is 0 Å². The average Bonchev–Trinajstić information content (AvgIpc) is 2.83. The average molecular weight is 306 g/mol. The molecule has 1 atom stereocenters. The molecular weight excluding hydrogens is 284 g/mol. The minimum atomic E-state index is -0.486. The van der Waals surface area contributed by atoms with Gasteiger partial charge in [-0.1, -0.05) is 0 Å². The van der Waals surface area contributed by atoms with Gasteiger partial charge in [0.2, 0.25) is 0 Å². The van der Waals surface area contributed by atoms with Crippen LogP contribution in [0.4, 0.5) is 10.6 Å². The quantitative estimate of drug-likeness (QED) is 0.875. The van der Waals surface area contributed by atoms with Crippen molar-refractivity contribution in [1.82, 2.24) is 25.1 Å². The number of amides is 1. The fourth-order valence-corrected chi connectivity index (χ4v) is 1.82. The van der Waals surface area contributed by atoms with Gasteiger partial charge in [0.05, 0.1) is 0 Å². The topological polar surface area (TPSA) is 93.4 Å². The molecule has 0 saturated heterocycles.